The summed E-state index contributed by atoms with van der Waals surface area (Å²) in [6, 6.07) is 3.47. The predicted molar refractivity (Wildman–Crippen MR) is 93.4 cm³/mol. The number of phosphoric acid groups is 1. The molecule has 0 spiro atoms. The van der Waals surface area contributed by atoms with Crippen molar-refractivity contribution < 1.29 is 40.5 Å². The predicted octanol–water partition coefficient (Wildman–Crippen LogP) is 4.43. The van der Waals surface area contributed by atoms with Crippen molar-refractivity contribution in [2.45, 2.75) is 65.9 Å². The third-order valence-corrected chi connectivity index (χ3v) is 3.65. The van der Waals surface area contributed by atoms with E-state index in [1.54, 1.807) is 19.1 Å². The summed E-state index contributed by atoms with van der Waals surface area (Å²) in [6.45, 7) is 16.6. The summed E-state index contributed by atoms with van der Waals surface area (Å²) >= 11 is 0. The van der Waals surface area contributed by atoms with Crippen LogP contribution in [0.15, 0.2) is 12.1 Å². The maximum absolute atomic E-state index is 10.9. The summed E-state index contributed by atoms with van der Waals surface area (Å²) in [5.41, 5.74) is 1.52. The Morgan fingerprint density at radius 2 is 1.33 bits per heavy atom. The SMILES string of the molecule is CC(C)(C)c1cc(COP(=O)(O)O)cc(C(C)(C)C)c1O.[CH2-]C.[Ni]. The summed E-state index contributed by atoms with van der Waals surface area (Å²) in [4.78, 5) is 17.7. The number of benzene rings is 1. The van der Waals surface area contributed by atoms with Gasteiger partial charge in [-0.15, -0.1) is 0 Å². The maximum Gasteiger partial charge on any atom is 0.469 e. The smallest absolute Gasteiger partial charge is 0.469 e. The van der Waals surface area contributed by atoms with Crippen LogP contribution in [-0.4, -0.2) is 14.9 Å². The molecule has 0 radical (unpaired) electrons. The van der Waals surface area contributed by atoms with E-state index in [1.165, 1.54) is 0 Å². The van der Waals surface area contributed by atoms with Gasteiger partial charge in [-0.05, 0) is 39.7 Å². The van der Waals surface area contributed by atoms with Gasteiger partial charge in [0.1, 0.15) is 5.75 Å². The molecule has 0 aliphatic carbocycles. The Balaban J connectivity index is 0. The molecule has 0 atom stereocenters. The summed E-state index contributed by atoms with van der Waals surface area (Å²) in [7, 11) is -4.52. The van der Waals surface area contributed by atoms with Crippen LogP contribution in [0.3, 0.4) is 0 Å². The van der Waals surface area contributed by atoms with E-state index in [4.69, 9.17) is 9.79 Å². The van der Waals surface area contributed by atoms with Crippen molar-refractivity contribution in [3.63, 3.8) is 0 Å². The Bertz CT molecular complexity index is 532. The Morgan fingerprint density at radius 1 is 1.00 bits per heavy atom. The molecule has 1 aromatic carbocycles. The fourth-order valence-electron chi connectivity index (χ4n) is 2.08. The maximum atomic E-state index is 10.9. The largest absolute Gasteiger partial charge is 0.507 e. The number of aromatic hydroxyl groups is 1. The van der Waals surface area contributed by atoms with Crippen molar-refractivity contribution in [2.24, 2.45) is 0 Å². The molecular formula is C17H30NiO5P-. The number of hydrogen-bond acceptors (Lipinski definition) is 3. The van der Waals surface area contributed by atoms with Crippen molar-refractivity contribution in [3.05, 3.63) is 35.7 Å². The van der Waals surface area contributed by atoms with Gasteiger partial charge >= 0.3 is 7.82 Å². The number of phosphoric ester groups is 1. The molecule has 0 unspecified atom stereocenters. The number of phenolic OH excluding ortho intramolecular Hbond substituents is 1. The Morgan fingerprint density at radius 3 is 1.58 bits per heavy atom. The third kappa shape index (κ3) is 8.14. The van der Waals surface area contributed by atoms with Gasteiger partial charge in [-0.1, -0.05) is 41.5 Å². The molecule has 0 fully saturated rings. The number of phenols is 1. The second-order valence-corrected chi connectivity index (χ2v) is 8.54. The van der Waals surface area contributed by atoms with E-state index in [9.17, 15) is 9.67 Å². The molecule has 1 aromatic rings. The average molecular weight is 404 g/mol. The van der Waals surface area contributed by atoms with Crippen LogP contribution >= 0.6 is 7.82 Å². The van der Waals surface area contributed by atoms with Crippen molar-refractivity contribution in [1.82, 2.24) is 0 Å². The Hall–Kier alpha value is -0.376. The molecule has 0 saturated carbocycles. The quantitative estimate of drug-likeness (QED) is 0.394. The summed E-state index contributed by atoms with van der Waals surface area (Å²) in [6.07, 6.45) is 0. The first-order valence-electron chi connectivity index (χ1n) is 7.49. The van der Waals surface area contributed by atoms with Gasteiger partial charge in [0.15, 0.2) is 0 Å². The Labute approximate surface area is 156 Å². The van der Waals surface area contributed by atoms with E-state index in [0.717, 1.165) is 11.1 Å². The van der Waals surface area contributed by atoms with Gasteiger partial charge < -0.3 is 21.8 Å². The number of rotatable bonds is 3. The fraction of sp³-hybridized carbons (Fsp3) is 0.588. The Kier molecular flexibility index (Phi) is 10.1. The third-order valence-electron chi connectivity index (χ3n) is 3.19. The van der Waals surface area contributed by atoms with Gasteiger partial charge in [-0.3, -0.25) is 4.52 Å². The van der Waals surface area contributed by atoms with Crippen LogP contribution in [0.25, 0.3) is 0 Å². The van der Waals surface area contributed by atoms with E-state index in [2.05, 4.69) is 11.4 Å². The van der Waals surface area contributed by atoms with Crippen LogP contribution in [0, 0.1) is 6.92 Å². The average Bonchev–Trinajstić information content (AvgIpc) is 2.36. The van der Waals surface area contributed by atoms with Gasteiger partial charge in [0.2, 0.25) is 0 Å². The van der Waals surface area contributed by atoms with Crippen LogP contribution in [0.2, 0.25) is 0 Å². The number of hydrogen-bond donors (Lipinski definition) is 3. The molecule has 3 N–H and O–H groups in total. The molecule has 144 valence electrons. The molecule has 5 nitrogen and oxygen atoms in total. The molecule has 0 aliphatic rings. The minimum atomic E-state index is -4.52. The van der Waals surface area contributed by atoms with E-state index >= 15 is 0 Å². The molecule has 0 aliphatic heterocycles. The topological polar surface area (TPSA) is 87.0 Å². The van der Waals surface area contributed by atoms with Crippen LogP contribution in [-0.2, 0) is 43.0 Å². The first kappa shape index (κ1) is 25.9. The molecule has 0 aromatic heterocycles. The van der Waals surface area contributed by atoms with Gasteiger partial charge in [-0.25, -0.2) is 4.57 Å². The molecule has 0 bridgehead atoms. The minimum Gasteiger partial charge on any atom is -0.507 e. The van der Waals surface area contributed by atoms with Crippen molar-refractivity contribution in [1.29, 1.82) is 0 Å². The summed E-state index contributed by atoms with van der Waals surface area (Å²) < 4.78 is 15.4. The van der Waals surface area contributed by atoms with E-state index in [1.807, 2.05) is 41.5 Å². The van der Waals surface area contributed by atoms with Crippen LogP contribution in [0.1, 0.15) is 65.2 Å². The second-order valence-electron chi connectivity index (χ2n) is 7.30. The van der Waals surface area contributed by atoms with E-state index in [-0.39, 0.29) is 39.7 Å². The van der Waals surface area contributed by atoms with Crippen LogP contribution < -0.4 is 0 Å². The standard InChI is InChI=1S/C15H25O5P.C2H5.Ni/c1-14(2,3)11-7-10(9-20-21(17,18)19)8-12(13(11)16)15(4,5)6;1-2;/h7-8,16H,9H2,1-6H3,(H2,17,18,19);1H2,2H3;/q;-1;. The molecule has 0 heterocycles. The fourth-order valence-corrected chi connectivity index (χ4v) is 2.40. The zero-order chi connectivity index (χ0) is 18.6. The normalized spacial score (nSPS) is 12.1. The van der Waals surface area contributed by atoms with E-state index in [0.29, 0.717) is 5.56 Å². The van der Waals surface area contributed by atoms with Gasteiger partial charge in [-0.2, -0.15) is 6.92 Å². The van der Waals surface area contributed by atoms with Crippen LogP contribution in [0.5, 0.6) is 5.75 Å². The zero-order valence-corrected chi connectivity index (χ0v) is 17.4. The zero-order valence-electron chi connectivity index (χ0n) is 15.5. The molecule has 0 amide bonds. The molecular weight excluding hydrogens is 374 g/mol. The summed E-state index contributed by atoms with van der Waals surface area (Å²) in [5, 5.41) is 10.5. The molecule has 24 heavy (non-hydrogen) atoms. The van der Waals surface area contributed by atoms with E-state index < -0.39 is 7.82 Å². The second kappa shape index (κ2) is 9.36. The minimum absolute atomic E-state index is 0. The van der Waals surface area contributed by atoms with Crippen molar-refractivity contribution in [3.8, 4) is 5.75 Å². The van der Waals surface area contributed by atoms with Gasteiger partial charge in [0, 0.05) is 16.5 Å². The monoisotopic (exact) mass is 403 g/mol. The van der Waals surface area contributed by atoms with Crippen molar-refractivity contribution >= 4 is 7.82 Å². The van der Waals surface area contributed by atoms with Gasteiger partial charge in [0.25, 0.3) is 0 Å². The first-order chi connectivity index (χ1) is 10.2. The molecule has 7 heteroatoms. The van der Waals surface area contributed by atoms with Crippen molar-refractivity contribution in [2.75, 3.05) is 0 Å². The molecule has 0 saturated heterocycles. The van der Waals surface area contributed by atoms with Crippen LogP contribution in [0.4, 0.5) is 0 Å². The first-order valence-corrected chi connectivity index (χ1v) is 9.02. The van der Waals surface area contributed by atoms with Gasteiger partial charge in [0.05, 0.1) is 6.61 Å². The molecule has 1 rings (SSSR count). The summed E-state index contributed by atoms with van der Waals surface area (Å²) in [5.74, 6) is 0.231.